The zero-order valence-electron chi connectivity index (χ0n) is 15.7. The molecule has 1 aromatic heterocycles. The summed E-state index contributed by atoms with van der Waals surface area (Å²) >= 11 is 3.40. The van der Waals surface area contributed by atoms with Crippen LogP contribution in [0, 0.1) is 13.8 Å². The summed E-state index contributed by atoms with van der Waals surface area (Å²) in [7, 11) is 0. The molecule has 1 heterocycles. The highest BCUT2D eigenvalue weighted by Gasteiger charge is 2.16. The molecule has 1 aliphatic carbocycles. The second kappa shape index (κ2) is 9.56. The number of thiazole rings is 1. The lowest BCUT2D eigenvalue weighted by atomic mass is 10.1. The molecular weight excluding hydrogens is 360 g/mol. The maximum Gasteiger partial charge on any atom is 0.226 e. The molecule has 0 bridgehead atoms. The lowest BCUT2D eigenvalue weighted by Gasteiger charge is -2.15. The van der Waals surface area contributed by atoms with Gasteiger partial charge in [-0.25, -0.2) is 4.98 Å². The second-order valence-corrected chi connectivity index (χ2v) is 9.34. The summed E-state index contributed by atoms with van der Waals surface area (Å²) in [5.41, 5.74) is 4.87. The number of carbonyl (C=O) groups is 1. The third kappa shape index (κ3) is 5.85. The molecule has 1 aliphatic rings. The molecular formula is C21H28N2OS2. The van der Waals surface area contributed by atoms with Crippen molar-refractivity contribution in [1.29, 1.82) is 0 Å². The Morgan fingerprint density at radius 2 is 2.00 bits per heavy atom. The first-order valence-corrected chi connectivity index (χ1v) is 11.4. The fraction of sp³-hybridized carbons (Fsp3) is 0.524. The topological polar surface area (TPSA) is 42.0 Å². The van der Waals surface area contributed by atoms with Gasteiger partial charge in [-0.15, -0.1) is 11.3 Å². The second-order valence-electron chi connectivity index (χ2n) is 7.26. The highest BCUT2D eigenvalue weighted by Crippen LogP contribution is 2.28. The van der Waals surface area contributed by atoms with E-state index in [4.69, 9.17) is 0 Å². The van der Waals surface area contributed by atoms with Crippen LogP contribution in [0.3, 0.4) is 0 Å². The number of aryl methyl sites for hydroxylation is 2. The number of hydrogen-bond acceptors (Lipinski definition) is 4. The highest BCUT2D eigenvalue weighted by molar-refractivity contribution is 8.00. The summed E-state index contributed by atoms with van der Waals surface area (Å²) < 4.78 is 1.04. The first kappa shape index (κ1) is 19.4. The molecule has 140 valence electrons. The van der Waals surface area contributed by atoms with Crippen LogP contribution < -0.4 is 5.32 Å². The van der Waals surface area contributed by atoms with Gasteiger partial charge in [-0.2, -0.15) is 0 Å². The monoisotopic (exact) mass is 388 g/mol. The van der Waals surface area contributed by atoms with Crippen LogP contribution >= 0.6 is 23.1 Å². The van der Waals surface area contributed by atoms with Crippen molar-refractivity contribution < 1.29 is 4.79 Å². The van der Waals surface area contributed by atoms with Gasteiger partial charge in [0.25, 0.3) is 0 Å². The minimum Gasteiger partial charge on any atom is -0.353 e. The van der Waals surface area contributed by atoms with Crippen molar-refractivity contribution >= 4 is 29.0 Å². The summed E-state index contributed by atoms with van der Waals surface area (Å²) in [6, 6.07) is 6.94. The van der Waals surface area contributed by atoms with Gasteiger partial charge in [0.2, 0.25) is 5.91 Å². The van der Waals surface area contributed by atoms with Gasteiger partial charge in [0, 0.05) is 17.2 Å². The first-order valence-electron chi connectivity index (χ1n) is 9.53. The number of amides is 1. The molecule has 1 saturated carbocycles. The molecule has 3 nitrogen and oxygen atoms in total. The molecule has 2 aromatic rings. The number of nitrogens with one attached hydrogen (secondary N) is 1. The van der Waals surface area contributed by atoms with E-state index in [1.165, 1.54) is 42.4 Å². The normalized spacial score (nSPS) is 15.6. The fourth-order valence-corrected chi connectivity index (χ4v) is 5.31. The van der Waals surface area contributed by atoms with E-state index in [-0.39, 0.29) is 5.91 Å². The van der Waals surface area contributed by atoms with Crippen LogP contribution in [0.2, 0.25) is 0 Å². The molecule has 0 spiro atoms. The van der Waals surface area contributed by atoms with Gasteiger partial charge < -0.3 is 5.32 Å². The Kier molecular flexibility index (Phi) is 7.15. The molecule has 0 radical (unpaired) electrons. The van der Waals surface area contributed by atoms with Gasteiger partial charge in [-0.1, -0.05) is 61.2 Å². The molecule has 3 rings (SSSR count). The summed E-state index contributed by atoms with van der Waals surface area (Å²) in [5, 5.41) is 5.23. The zero-order chi connectivity index (χ0) is 18.4. The van der Waals surface area contributed by atoms with Crippen LogP contribution in [0.15, 0.2) is 27.9 Å². The zero-order valence-corrected chi connectivity index (χ0v) is 17.3. The van der Waals surface area contributed by atoms with E-state index < -0.39 is 0 Å². The number of carbonyl (C=O) groups excluding carboxylic acids is 1. The Labute approximate surface area is 165 Å². The quantitative estimate of drug-likeness (QED) is 0.530. The number of thioether (sulfide) groups is 1. The highest BCUT2D eigenvalue weighted by atomic mass is 32.2. The molecule has 0 unspecified atom stereocenters. The summed E-state index contributed by atoms with van der Waals surface area (Å²) in [6.45, 7) is 4.28. The predicted octanol–water partition coefficient (Wildman–Crippen LogP) is 5.43. The van der Waals surface area contributed by atoms with Crippen LogP contribution in [-0.2, 0) is 17.0 Å². The molecule has 1 fully saturated rings. The third-order valence-electron chi connectivity index (χ3n) is 4.95. The molecule has 1 aromatic carbocycles. The van der Waals surface area contributed by atoms with Crippen molar-refractivity contribution in [2.75, 3.05) is 0 Å². The van der Waals surface area contributed by atoms with Crippen LogP contribution in [0.4, 0.5) is 0 Å². The fourth-order valence-electron chi connectivity index (χ4n) is 3.40. The van der Waals surface area contributed by atoms with E-state index in [9.17, 15) is 4.79 Å². The number of benzene rings is 1. The van der Waals surface area contributed by atoms with Crippen molar-refractivity contribution in [3.8, 4) is 0 Å². The van der Waals surface area contributed by atoms with E-state index in [2.05, 4.69) is 42.3 Å². The van der Waals surface area contributed by atoms with Crippen molar-refractivity contribution in [3.05, 3.63) is 46.0 Å². The number of hydrogen-bond donors (Lipinski definition) is 1. The SMILES string of the molecule is Cc1ccc(C)c(CSc2nc(CC(=O)NC3CCCCCC3)cs2)c1. The Balaban J connectivity index is 1.49. The third-order valence-corrected chi connectivity index (χ3v) is 7.07. The molecule has 0 saturated heterocycles. The Morgan fingerprint density at radius 3 is 2.77 bits per heavy atom. The van der Waals surface area contributed by atoms with Gasteiger partial charge >= 0.3 is 0 Å². The van der Waals surface area contributed by atoms with Crippen molar-refractivity contribution in [1.82, 2.24) is 10.3 Å². The maximum absolute atomic E-state index is 12.3. The van der Waals surface area contributed by atoms with E-state index in [0.717, 1.165) is 28.6 Å². The van der Waals surface area contributed by atoms with Gasteiger partial charge in [0.05, 0.1) is 12.1 Å². The van der Waals surface area contributed by atoms with Gasteiger partial charge in [0.15, 0.2) is 0 Å². The maximum atomic E-state index is 12.3. The molecule has 1 amide bonds. The van der Waals surface area contributed by atoms with Crippen molar-refractivity contribution in [2.45, 2.75) is 74.9 Å². The van der Waals surface area contributed by atoms with E-state index in [1.54, 1.807) is 23.1 Å². The van der Waals surface area contributed by atoms with Gasteiger partial charge in [-0.3, -0.25) is 4.79 Å². The van der Waals surface area contributed by atoms with Crippen molar-refractivity contribution in [2.24, 2.45) is 0 Å². The number of aromatic nitrogens is 1. The molecule has 5 heteroatoms. The lowest BCUT2D eigenvalue weighted by Crippen LogP contribution is -2.35. The van der Waals surface area contributed by atoms with Crippen LogP contribution in [-0.4, -0.2) is 16.9 Å². The predicted molar refractivity (Wildman–Crippen MR) is 111 cm³/mol. The minimum atomic E-state index is 0.119. The Hall–Kier alpha value is -1.33. The molecule has 0 atom stereocenters. The molecule has 26 heavy (non-hydrogen) atoms. The average molecular weight is 389 g/mol. The minimum absolute atomic E-state index is 0.119. The number of rotatable bonds is 6. The summed E-state index contributed by atoms with van der Waals surface area (Å²) in [6.07, 6.45) is 7.73. The van der Waals surface area contributed by atoms with Crippen LogP contribution in [0.5, 0.6) is 0 Å². The summed E-state index contributed by atoms with van der Waals surface area (Å²) in [4.78, 5) is 17.0. The van der Waals surface area contributed by atoms with E-state index in [0.29, 0.717) is 12.5 Å². The standard InChI is InChI=1S/C21H28N2OS2/c1-15-9-10-16(2)17(11-15)13-25-21-23-19(14-26-21)12-20(24)22-18-7-5-3-4-6-8-18/h9-11,14,18H,3-8,12-13H2,1-2H3,(H,22,24). The van der Waals surface area contributed by atoms with Crippen LogP contribution in [0.25, 0.3) is 0 Å². The Bertz CT molecular complexity index is 733. The van der Waals surface area contributed by atoms with Gasteiger partial charge in [-0.05, 0) is 37.8 Å². The molecule has 0 aliphatic heterocycles. The van der Waals surface area contributed by atoms with E-state index >= 15 is 0 Å². The van der Waals surface area contributed by atoms with Gasteiger partial charge in [0.1, 0.15) is 4.34 Å². The Morgan fingerprint density at radius 1 is 1.23 bits per heavy atom. The first-order chi connectivity index (χ1) is 12.6. The van der Waals surface area contributed by atoms with E-state index in [1.807, 2.05) is 5.38 Å². The van der Waals surface area contributed by atoms with Crippen molar-refractivity contribution in [3.63, 3.8) is 0 Å². The average Bonchev–Trinajstić information content (AvgIpc) is 2.89. The smallest absolute Gasteiger partial charge is 0.226 e. The largest absolute Gasteiger partial charge is 0.353 e. The molecule has 1 N–H and O–H groups in total. The van der Waals surface area contributed by atoms with Crippen LogP contribution in [0.1, 0.15) is 60.9 Å². The number of nitrogens with zero attached hydrogens (tertiary/aromatic N) is 1. The lowest BCUT2D eigenvalue weighted by molar-refractivity contribution is -0.121. The summed E-state index contributed by atoms with van der Waals surface area (Å²) in [5.74, 6) is 1.04.